The summed E-state index contributed by atoms with van der Waals surface area (Å²) in [7, 11) is 0. The topological polar surface area (TPSA) is 110 Å². The van der Waals surface area contributed by atoms with Crippen LogP contribution in [0.3, 0.4) is 0 Å². The zero-order valence-corrected chi connectivity index (χ0v) is 20.1. The molecule has 37 heavy (non-hydrogen) atoms. The molecule has 3 unspecified atom stereocenters. The van der Waals surface area contributed by atoms with E-state index in [4.69, 9.17) is 4.74 Å². The van der Waals surface area contributed by atoms with Crippen LogP contribution in [0.15, 0.2) is 71.6 Å². The van der Waals surface area contributed by atoms with Crippen molar-refractivity contribution in [2.75, 3.05) is 11.6 Å². The van der Waals surface area contributed by atoms with Crippen molar-refractivity contribution in [3.8, 4) is 0 Å². The van der Waals surface area contributed by atoms with Gasteiger partial charge in [-0.15, -0.1) is 11.8 Å². The number of Topliss-reactive ketones (excluding diaryl/α,β-unsaturated/α-hetero) is 2. The summed E-state index contributed by atoms with van der Waals surface area (Å²) in [4.78, 5) is 54.3. The van der Waals surface area contributed by atoms with Crippen molar-refractivity contribution >= 4 is 40.9 Å². The van der Waals surface area contributed by atoms with E-state index in [1.807, 2.05) is 6.26 Å². The van der Waals surface area contributed by atoms with Crippen LogP contribution >= 0.6 is 11.8 Å². The van der Waals surface area contributed by atoms with Gasteiger partial charge < -0.3 is 15.2 Å². The average Bonchev–Trinajstić information content (AvgIpc) is 3.36. The number of aliphatic carboxylic acids is 1. The van der Waals surface area contributed by atoms with Gasteiger partial charge in [0.15, 0.2) is 11.6 Å². The molecule has 1 aliphatic carbocycles. The number of rotatable bonds is 5. The first-order valence-corrected chi connectivity index (χ1v) is 12.4. The largest absolute Gasteiger partial charge is 0.481 e. The lowest BCUT2D eigenvalue weighted by Crippen LogP contribution is -2.52. The number of carboxylic acid groups (broad SMARTS) is 1. The van der Waals surface area contributed by atoms with Crippen molar-refractivity contribution in [3.63, 3.8) is 0 Å². The fraction of sp³-hybridized carbons (Fsp3) is 0.185. The molecule has 0 bridgehead atoms. The van der Waals surface area contributed by atoms with Gasteiger partial charge in [-0.3, -0.25) is 19.2 Å². The second-order valence-corrected chi connectivity index (χ2v) is 9.59. The van der Waals surface area contributed by atoms with E-state index in [1.165, 1.54) is 36.0 Å². The third kappa shape index (κ3) is 3.84. The SMILES string of the molecule is CSc1ccc(NC(=O)C2C(c3ccc(F)c(F)c3)OC3(C(=O)c4ccccc4C3=O)C2C(=O)O)cc1. The van der Waals surface area contributed by atoms with E-state index in [0.29, 0.717) is 5.69 Å². The van der Waals surface area contributed by atoms with Gasteiger partial charge in [-0.25, -0.2) is 8.78 Å². The Morgan fingerprint density at radius 1 is 0.946 bits per heavy atom. The van der Waals surface area contributed by atoms with Crippen molar-refractivity contribution in [2.24, 2.45) is 11.8 Å². The lowest BCUT2D eigenvalue weighted by Gasteiger charge is -2.25. The molecule has 5 rings (SSSR count). The number of hydrogen-bond acceptors (Lipinski definition) is 6. The van der Waals surface area contributed by atoms with E-state index in [0.717, 1.165) is 23.1 Å². The van der Waals surface area contributed by atoms with Crippen LogP contribution in [-0.4, -0.2) is 40.4 Å². The minimum Gasteiger partial charge on any atom is -0.481 e. The molecule has 0 aromatic heterocycles. The molecule has 1 saturated heterocycles. The second kappa shape index (κ2) is 9.20. The predicted octanol–water partition coefficient (Wildman–Crippen LogP) is 4.53. The van der Waals surface area contributed by atoms with Crippen LogP contribution < -0.4 is 5.32 Å². The number of fused-ring (bicyclic) bond motifs is 1. The highest BCUT2D eigenvalue weighted by Crippen LogP contribution is 2.54. The monoisotopic (exact) mass is 523 g/mol. The summed E-state index contributed by atoms with van der Waals surface area (Å²) in [5.41, 5.74) is -2.36. The van der Waals surface area contributed by atoms with Crippen LogP contribution in [0.2, 0.25) is 0 Å². The molecule has 3 aromatic rings. The molecule has 10 heteroatoms. The highest BCUT2D eigenvalue weighted by molar-refractivity contribution is 7.98. The molecular formula is C27H19F2NO6S. The number of carboxylic acids is 1. The van der Waals surface area contributed by atoms with Crippen LogP contribution in [0, 0.1) is 23.5 Å². The number of hydrogen-bond donors (Lipinski definition) is 2. The zero-order valence-electron chi connectivity index (χ0n) is 19.2. The minimum atomic E-state index is -2.55. The number of amides is 1. The minimum absolute atomic E-state index is 0.0310. The molecule has 1 heterocycles. The van der Waals surface area contributed by atoms with Crippen LogP contribution in [0.4, 0.5) is 14.5 Å². The lowest BCUT2D eigenvalue weighted by atomic mass is 9.75. The third-order valence-electron chi connectivity index (χ3n) is 6.73. The Kier molecular flexibility index (Phi) is 6.17. The number of carbonyl (C=O) groups is 4. The number of nitrogens with one attached hydrogen (secondary N) is 1. The van der Waals surface area contributed by atoms with Crippen molar-refractivity contribution in [1.29, 1.82) is 0 Å². The van der Waals surface area contributed by atoms with Crippen LogP contribution in [0.5, 0.6) is 0 Å². The summed E-state index contributed by atoms with van der Waals surface area (Å²) >= 11 is 1.48. The maximum Gasteiger partial charge on any atom is 0.311 e. The Balaban J connectivity index is 1.64. The Hall–Kier alpha value is -3.89. The summed E-state index contributed by atoms with van der Waals surface area (Å²) < 4.78 is 33.8. The number of ketones is 2. The van der Waals surface area contributed by atoms with Crippen LogP contribution in [0.1, 0.15) is 32.4 Å². The fourth-order valence-corrected chi connectivity index (χ4v) is 5.44. The van der Waals surface area contributed by atoms with Crippen molar-refractivity contribution in [3.05, 3.63) is 95.1 Å². The van der Waals surface area contributed by atoms with Gasteiger partial charge in [0, 0.05) is 21.7 Å². The van der Waals surface area contributed by atoms with Crippen LogP contribution in [-0.2, 0) is 14.3 Å². The molecule has 1 aliphatic heterocycles. The second-order valence-electron chi connectivity index (χ2n) is 8.71. The molecule has 7 nitrogen and oxygen atoms in total. The quantitative estimate of drug-likeness (QED) is 0.374. The van der Waals surface area contributed by atoms with E-state index >= 15 is 0 Å². The summed E-state index contributed by atoms with van der Waals surface area (Å²) in [6, 6.07) is 15.2. The van der Waals surface area contributed by atoms with Crippen molar-refractivity contribution in [2.45, 2.75) is 16.6 Å². The molecule has 0 saturated carbocycles. The van der Waals surface area contributed by atoms with E-state index < -0.39 is 58.6 Å². The molecule has 0 radical (unpaired) electrons. The molecule has 2 aliphatic rings. The number of benzene rings is 3. The fourth-order valence-electron chi connectivity index (χ4n) is 5.03. The molecule has 1 spiro atoms. The Morgan fingerprint density at radius 3 is 2.11 bits per heavy atom. The van der Waals surface area contributed by atoms with Crippen LogP contribution in [0.25, 0.3) is 0 Å². The van der Waals surface area contributed by atoms with Gasteiger partial charge in [-0.05, 0) is 48.2 Å². The highest BCUT2D eigenvalue weighted by atomic mass is 32.2. The smallest absolute Gasteiger partial charge is 0.311 e. The molecule has 3 aromatic carbocycles. The Morgan fingerprint density at radius 2 is 1.57 bits per heavy atom. The maximum atomic E-state index is 14.2. The lowest BCUT2D eigenvalue weighted by molar-refractivity contribution is -0.147. The number of anilines is 1. The number of ether oxygens (including phenoxy) is 1. The van der Waals surface area contributed by atoms with Gasteiger partial charge in [0.1, 0.15) is 5.92 Å². The van der Waals surface area contributed by atoms with Gasteiger partial charge in [-0.2, -0.15) is 0 Å². The highest BCUT2D eigenvalue weighted by Gasteiger charge is 2.71. The molecule has 2 N–H and O–H groups in total. The predicted molar refractivity (Wildman–Crippen MR) is 129 cm³/mol. The van der Waals surface area contributed by atoms with E-state index in [9.17, 15) is 33.1 Å². The zero-order chi connectivity index (χ0) is 26.5. The first kappa shape index (κ1) is 24.8. The summed E-state index contributed by atoms with van der Waals surface area (Å²) in [6.07, 6.45) is 0.337. The van der Waals surface area contributed by atoms with Gasteiger partial charge in [0.25, 0.3) is 0 Å². The number of thioether (sulfide) groups is 1. The number of carbonyl (C=O) groups excluding carboxylic acids is 3. The standard InChI is InChI=1S/C27H19F2NO6S/c1-37-15-9-7-14(8-10-15)30-25(33)20-21(26(34)35)27(23(31)16-4-2-3-5-17(16)24(27)32)36-22(20)13-6-11-18(28)19(29)12-13/h2-12,20-22H,1H3,(H,30,33)(H,34,35). The normalized spacial score (nSPS) is 21.8. The summed E-state index contributed by atoms with van der Waals surface area (Å²) in [6.45, 7) is 0. The first-order valence-electron chi connectivity index (χ1n) is 11.2. The number of halogens is 2. The van der Waals surface area contributed by atoms with Gasteiger partial charge in [0.2, 0.25) is 23.1 Å². The summed E-state index contributed by atoms with van der Waals surface area (Å²) in [5, 5.41) is 12.9. The van der Waals surface area contributed by atoms with Crippen molar-refractivity contribution < 1.29 is 37.8 Å². The van der Waals surface area contributed by atoms with E-state index in [2.05, 4.69) is 5.32 Å². The van der Waals surface area contributed by atoms with Crippen molar-refractivity contribution in [1.82, 2.24) is 0 Å². The Labute approximate surface area is 213 Å². The molecule has 3 atom stereocenters. The van der Waals surface area contributed by atoms with E-state index in [1.54, 1.807) is 24.3 Å². The molecular weight excluding hydrogens is 504 g/mol. The van der Waals surface area contributed by atoms with Gasteiger partial charge in [0.05, 0.1) is 12.0 Å². The molecule has 1 amide bonds. The van der Waals surface area contributed by atoms with Gasteiger partial charge in [-0.1, -0.05) is 30.3 Å². The first-order chi connectivity index (χ1) is 17.7. The summed E-state index contributed by atoms with van der Waals surface area (Å²) in [5.74, 6) is -10.3. The van der Waals surface area contributed by atoms with Gasteiger partial charge >= 0.3 is 5.97 Å². The Bertz CT molecular complexity index is 1420. The molecule has 188 valence electrons. The average molecular weight is 524 g/mol. The maximum absolute atomic E-state index is 14.2. The molecule has 1 fully saturated rings. The third-order valence-corrected chi connectivity index (χ3v) is 7.47. The van der Waals surface area contributed by atoms with E-state index in [-0.39, 0.29) is 16.7 Å².